The highest BCUT2D eigenvalue weighted by molar-refractivity contribution is 5.78. The Morgan fingerprint density at radius 3 is 2.35 bits per heavy atom. The molecule has 1 N–H and O–H groups in total. The number of amides is 1. The van der Waals surface area contributed by atoms with Crippen LogP contribution in [0, 0.1) is 5.82 Å². The van der Waals surface area contributed by atoms with Gasteiger partial charge in [-0.25, -0.2) is 19.2 Å². The van der Waals surface area contributed by atoms with Crippen LogP contribution < -0.4 is 16.6 Å². The largest absolute Gasteiger partial charge is 0.350 e. The summed E-state index contributed by atoms with van der Waals surface area (Å²) in [5.74, 6) is -0.823. The van der Waals surface area contributed by atoms with Crippen molar-refractivity contribution in [2.45, 2.75) is 19.6 Å². The molecule has 2 heterocycles. The minimum Gasteiger partial charge on any atom is -0.350 e. The molecule has 156 valence electrons. The molecule has 0 fully saturated rings. The van der Waals surface area contributed by atoms with Gasteiger partial charge in [-0.05, 0) is 23.3 Å². The fraction of sp³-hybridized carbons (Fsp3) is 0.136. The van der Waals surface area contributed by atoms with Gasteiger partial charge < -0.3 is 5.32 Å². The monoisotopic (exact) mass is 419 g/mol. The zero-order valence-electron chi connectivity index (χ0n) is 16.4. The number of benzene rings is 2. The molecule has 9 heteroatoms. The number of halogens is 1. The van der Waals surface area contributed by atoms with Gasteiger partial charge in [-0.1, -0.05) is 42.5 Å². The first kappa shape index (κ1) is 20.1. The summed E-state index contributed by atoms with van der Waals surface area (Å²) in [5.41, 5.74) is 0.292. The van der Waals surface area contributed by atoms with Gasteiger partial charge in [-0.2, -0.15) is 0 Å². The van der Waals surface area contributed by atoms with Gasteiger partial charge in [0.15, 0.2) is 11.2 Å². The van der Waals surface area contributed by atoms with E-state index >= 15 is 0 Å². The lowest BCUT2D eigenvalue weighted by Crippen LogP contribution is -2.43. The summed E-state index contributed by atoms with van der Waals surface area (Å²) in [6, 6.07) is 14.8. The molecule has 2 aromatic carbocycles. The first-order valence-corrected chi connectivity index (χ1v) is 9.52. The molecule has 0 aliphatic carbocycles. The average Bonchev–Trinajstić information content (AvgIpc) is 2.80. The maximum absolute atomic E-state index is 13.1. The zero-order valence-corrected chi connectivity index (χ0v) is 16.4. The summed E-state index contributed by atoms with van der Waals surface area (Å²) in [7, 11) is 0. The molecular formula is C22H18FN5O3. The lowest BCUT2D eigenvalue weighted by Gasteiger charge is -2.13. The highest BCUT2D eigenvalue weighted by Gasteiger charge is 2.17. The molecule has 0 aliphatic rings. The van der Waals surface area contributed by atoms with Gasteiger partial charge in [0.1, 0.15) is 12.4 Å². The van der Waals surface area contributed by atoms with Crippen LogP contribution in [0.25, 0.3) is 11.2 Å². The van der Waals surface area contributed by atoms with Crippen LogP contribution in [-0.4, -0.2) is 25.0 Å². The van der Waals surface area contributed by atoms with E-state index in [1.54, 1.807) is 24.3 Å². The lowest BCUT2D eigenvalue weighted by molar-refractivity contribution is -0.121. The predicted octanol–water partition coefficient (Wildman–Crippen LogP) is 1.46. The van der Waals surface area contributed by atoms with E-state index in [1.807, 2.05) is 18.2 Å². The number of hydrogen-bond donors (Lipinski definition) is 1. The second-order valence-corrected chi connectivity index (χ2v) is 6.88. The quantitative estimate of drug-likeness (QED) is 0.510. The van der Waals surface area contributed by atoms with E-state index in [2.05, 4.69) is 15.3 Å². The van der Waals surface area contributed by atoms with Gasteiger partial charge in [-0.15, -0.1) is 0 Å². The van der Waals surface area contributed by atoms with Gasteiger partial charge in [0.2, 0.25) is 5.91 Å². The van der Waals surface area contributed by atoms with E-state index in [9.17, 15) is 18.8 Å². The topological polar surface area (TPSA) is 98.9 Å². The Morgan fingerprint density at radius 1 is 0.903 bits per heavy atom. The number of hydrogen-bond acceptors (Lipinski definition) is 5. The number of fused-ring (bicyclic) bond motifs is 1. The molecule has 0 atom stereocenters. The number of rotatable bonds is 6. The third kappa shape index (κ3) is 4.40. The zero-order chi connectivity index (χ0) is 21.8. The first-order chi connectivity index (χ1) is 15.0. The Hall–Kier alpha value is -4.14. The first-order valence-electron chi connectivity index (χ1n) is 9.52. The Morgan fingerprint density at radius 2 is 1.61 bits per heavy atom. The summed E-state index contributed by atoms with van der Waals surface area (Å²) < 4.78 is 15.2. The van der Waals surface area contributed by atoms with E-state index in [4.69, 9.17) is 0 Å². The Balaban J connectivity index is 1.66. The van der Waals surface area contributed by atoms with Crippen LogP contribution in [0.2, 0.25) is 0 Å². The van der Waals surface area contributed by atoms with E-state index in [0.717, 1.165) is 14.7 Å². The van der Waals surface area contributed by atoms with Crippen LogP contribution in [0.3, 0.4) is 0 Å². The number of nitrogens with one attached hydrogen (secondary N) is 1. The van der Waals surface area contributed by atoms with Crippen LogP contribution in [0.15, 0.2) is 76.6 Å². The minimum absolute atomic E-state index is 0.00404. The van der Waals surface area contributed by atoms with Crippen LogP contribution in [-0.2, 0) is 24.4 Å². The van der Waals surface area contributed by atoms with Crippen LogP contribution in [0.5, 0.6) is 0 Å². The molecule has 8 nitrogen and oxygen atoms in total. The number of carbonyl (C=O) groups excluding carboxylic acids is 1. The van der Waals surface area contributed by atoms with Crippen molar-refractivity contribution in [1.29, 1.82) is 0 Å². The van der Waals surface area contributed by atoms with E-state index in [-0.39, 0.29) is 36.6 Å². The second kappa shape index (κ2) is 8.70. The Kier molecular flexibility index (Phi) is 5.65. The molecule has 0 spiro atoms. The third-order valence-corrected chi connectivity index (χ3v) is 4.73. The lowest BCUT2D eigenvalue weighted by atomic mass is 10.2. The normalized spacial score (nSPS) is 10.9. The van der Waals surface area contributed by atoms with Crippen molar-refractivity contribution in [2.24, 2.45) is 0 Å². The molecule has 4 rings (SSSR count). The third-order valence-electron chi connectivity index (χ3n) is 4.73. The standard InChI is InChI=1S/C22H18FN5O3/c23-17-8-6-15(7-9-17)12-26-18(29)14-27-20-19(24-10-11-25-20)21(30)28(22(27)31)13-16-4-2-1-3-5-16/h1-11H,12-14H2,(H,26,29). The Labute approximate surface area is 175 Å². The van der Waals surface area contributed by atoms with Crippen molar-refractivity contribution in [3.63, 3.8) is 0 Å². The molecule has 0 unspecified atom stereocenters. The van der Waals surface area contributed by atoms with Gasteiger partial charge in [0, 0.05) is 18.9 Å². The molecule has 0 saturated heterocycles. The van der Waals surface area contributed by atoms with E-state index in [0.29, 0.717) is 5.56 Å². The molecule has 4 aromatic rings. The summed E-state index contributed by atoms with van der Waals surface area (Å²) >= 11 is 0. The summed E-state index contributed by atoms with van der Waals surface area (Å²) in [6.07, 6.45) is 2.72. The molecular weight excluding hydrogens is 401 g/mol. The fourth-order valence-electron chi connectivity index (χ4n) is 3.18. The highest BCUT2D eigenvalue weighted by Crippen LogP contribution is 2.05. The fourth-order valence-corrected chi connectivity index (χ4v) is 3.18. The molecule has 0 radical (unpaired) electrons. The SMILES string of the molecule is O=C(Cn1c(=O)n(Cc2ccccc2)c(=O)c2nccnc21)NCc1ccc(F)cc1. The van der Waals surface area contributed by atoms with Crippen molar-refractivity contribution in [3.05, 3.63) is 105 Å². The van der Waals surface area contributed by atoms with Crippen LogP contribution in [0.4, 0.5) is 4.39 Å². The van der Waals surface area contributed by atoms with E-state index in [1.165, 1.54) is 24.5 Å². The van der Waals surface area contributed by atoms with Crippen LogP contribution >= 0.6 is 0 Å². The molecule has 31 heavy (non-hydrogen) atoms. The Bertz CT molecular complexity index is 1350. The van der Waals surface area contributed by atoms with Crippen molar-refractivity contribution >= 4 is 17.1 Å². The minimum atomic E-state index is -0.654. The molecule has 0 aliphatic heterocycles. The number of nitrogens with zero attached hydrogens (tertiary/aromatic N) is 4. The summed E-state index contributed by atoms with van der Waals surface area (Å²) in [4.78, 5) is 46.6. The van der Waals surface area contributed by atoms with Crippen molar-refractivity contribution in [3.8, 4) is 0 Å². The highest BCUT2D eigenvalue weighted by atomic mass is 19.1. The van der Waals surface area contributed by atoms with Gasteiger partial charge in [0.25, 0.3) is 5.56 Å². The molecule has 0 bridgehead atoms. The van der Waals surface area contributed by atoms with Gasteiger partial charge in [-0.3, -0.25) is 18.7 Å². The van der Waals surface area contributed by atoms with Gasteiger partial charge >= 0.3 is 5.69 Å². The molecule has 0 saturated carbocycles. The van der Waals surface area contributed by atoms with Gasteiger partial charge in [0.05, 0.1) is 6.54 Å². The molecule has 2 aromatic heterocycles. The summed E-state index contributed by atoms with van der Waals surface area (Å²) in [6.45, 7) is -0.131. The smallest absolute Gasteiger partial charge is 0.333 e. The van der Waals surface area contributed by atoms with E-state index < -0.39 is 17.2 Å². The average molecular weight is 419 g/mol. The van der Waals surface area contributed by atoms with Crippen molar-refractivity contribution < 1.29 is 9.18 Å². The maximum Gasteiger partial charge on any atom is 0.333 e. The maximum atomic E-state index is 13.1. The molecule has 1 amide bonds. The predicted molar refractivity (Wildman–Crippen MR) is 112 cm³/mol. The number of carbonyl (C=O) groups is 1. The van der Waals surface area contributed by atoms with Crippen molar-refractivity contribution in [2.75, 3.05) is 0 Å². The van der Waals surface area contributed by atoms with Crippen molar-refractivity contribution in [1.82, 2.24) is 24.4 Å². The summed E-state index contributed by atoms with van der Waals surface area (Å²) in [5, 5.41) is 2.69. The number of aromatic nitrogens is 4. The van der Waals surface area contributed by atoms with Crippen LogP contribution in [0.1, 0.15) is 11.1 Å². The second-order valence-electron chi connectivity index (χ2n) is 6.88.